The number of anilines is 1. The van der Waals surface area contributed by atoms with Gasteiger partial charge in [0, 0.05) is 44.4 Å². The molecule has 1 aliphatic carbocycles. The number of hydrazine groups is 1. The van der Waals surface area contributed by atoms with Crippen molar-refractivity contribution in [3.05, 3.63) is 64.2 Å². The summed E-state index contributed by atoms with van der Waals surface area (Å²) in [5.74, 6) is 0.508. The number of rotatable bonds is 10. The number of carbonyl (C=O) groups excluding carboxylic acids is 3. The first-order valence-electron chi connectivity index (χ1n) is 13.0. The summed E-state index contributed by atoms with van der Waals surface area (Å²) in [6.45, 7) is 8.42. The average molecular weight is 491 g/mol. The van der Waals surface area contributed by atoms with E-state index in [4.69, 9.17) is 0 Å². The van der Waals surface area contributed by atoms with E-state index in [-0.39, 0.29) is 30.7 Å². The van der Waals surface area contributed by atoms with Gasteiger partial charge in [-0.15, -0.1) is 0 Å². The van der Waals surface area contributed by atoms with Crippen LogP contribution in [0.25, 0.3) is 0 Å². The third kappa shape index (κ3) is 5.95. The zero-order valence-electron chi connectivity index (χ0n) is 22.0. The Balaban J connectivity index is 1.49. The second-order valence-corrected chi connectivity index (χ2v) is 10.5. The topological polar surface area (TPSA) is 73.0 Å². The van der Waals surface area contributed by atoms with Crippen LogP contribution in [0.4, 0.5) is 5.69 Å². The molecule has 0 bridgehead atoms. The van der Waals surface area contributed by atoms with Crippen molar-refractivity contribution in [2.75, 3.05) is 31.6 Å². The SMILES string of the molecule is Cc1cc2c(cc1N(CC(=O)NCCCC(C)C)CC(=O)N(C)N1Cc3ccccc3C1)C(=O)CC2. The van der Waals surface area contributed by atoms with Crippen LogP contribution in [-0.2, 0) is 29.1 Å². The standard InChI is InChI=1S/C29H38N4O3/c1-20(2)8-7-13-30-28(35)18-32(26-15-25-22(14-21(26)3)11-12-27(25)34)19-29(36)31(4)33-16-23-9-5-6-10-24(23)17-33/h5-6,9-10,14-15,20H,7-8,11-13,16-19H2,1-4H3,(H,30,35). The minimum Gasteiger partial charge on any atom is -0.355 e. The molecule has 0 radical (unpaired) electrons. The molecule has 0 aromatic heterocycles. The average Bonchev–Trinajstić information content (AvgIpc) is 3.43. The van der Waals surface area contributed by atoms with E-state index in [0.717, 1.165) is 36.1 Å². The molecular weight excluding hydrogens is 452 g/mol. The zero-order valence-corrected chi connectivity index (χ0v) is 22.0. The molecule has 0 saturated heterocycles. The van der Waals surface area contributed by atoms with Crippen molar-refractivity contribution in [3.8, 4) is 0 Å². The molecule has 36 heavy (non-hydrogen) atoms. The molecule has 0 saturated carbocycles. The summed E-state index contributed by atoms with van der Waals surface area (Å²) in [5.41, 5.74) is 5.96. The lowest BCUT2D eigenvalue weighted by Crippen LogP contribution is -2.48. The Kier molecular flexibility index (Phi) is 8.09. The number of benzene rings is 2. The molecule has 1 N–H and O–H groups in total. The Labute approximate surface area is 214 Å². The summed E-state index contributed by atoms with van der Waals surface area (Å²) >= 11 is 0. The van der Waals surface area contributed by atoms with Crippen LogP contribution in [0.15, 0.2) is 36.4 Å². The third-order valence-electron chi connectivity index (χ3n) is 7.23. The number of amides is 2. The highest BCUT2D eigenvalue weighted by Crippen LogP contribution is 2.31. The molecule has 2 amide bonds. The number of hydrogen-bond acceptors (Lipinski definition) is 5. The van der Waals surface area contributed by atoms with E-state index in [0.29, 0.717) is 37.5 Å². The fraction of sp³-hybridized carbons (Fsp3) is 0.483. The number of ketones is 1. The van der Waals surface area contributed by atoms with Gasteiger partial charge in [-0.25, -0.2) is 5.01 Å². The maximum Gasteiger partial charge on any atom is 0.256 e. The van der Waals surface area contributed by atoms with Crippen LogP contribution < -0.4 is 10.2 Å². The summed E-state index contributed by atoms with van der Waals surface area (Å²) in [6, 6.07) is 12.1. The van der Waals surface area contributed by atoms with Crippen molar-refractivity contribution in [1.82, 2.24) is 15.3 Å². The van der Waals surface area contributed by atoms with Crippen LogP contribution in [-0.4, -0.2) is 54.3 Å². The van der Waals surface area contributed by atoms with E-state index >= 15 is 0 Å². The second-order valence-electron chi connectivity index (χ2n) is 10.5. The minimum absolute atomic E-state index is 0.0522. The number of hydrogen-bond donors (Lipinski definition) is 1. The molecule has 2 aromatic carbocycles. The Morgan fingerprint density at radius 1 is 1.03 bits per heavy atom. The quantitative estimate of drug-likeness (QED) is 0.512. The van der Waals surface area contributed by atoms with Crippen LogP contribution in [0.5, 0.6) is 0 Å². The number of aryl methyl sites for hydroxylation is 2. The first-order valence-corrected chi connectivity index (χ1v) is 13.0. The Bertz CT molecular complexity index is 1120. The Morgan fingerprint density at radius 2 is 1.72 bits per heavy atom. The number of likely N-dealkylation sites (N-methyl/N-ethyl adjacent to an activating group) is 1. The van der Waals surface area contributed by atoms with Gasteiger partial charge in [-0.3, -0.25) is 19.4 Å². The van der Waals surface area contributed by atoms with Crippen LogP contribution >= 0.6 is 0 Å². The highest BCUT2D eigenvalue weighted by Gasteiger charge is 2.28. The van der Waals surface area contributed by atoms with Gasteiger partial charge in [0.2, 0.25) is 5.91 Å². The van der Waals surface area contributed by atoms with Gasteiger partial charge >= 0.3 is 0 Å². The van der Waals surface area contributed by atoms with E-state index in [1.54, 1.807) is 12.1 Å². The molecular formula is C29H38N4O3. The lowest BCUT2D eigenvalue weighted by molar-refractivity contribution is -0.145. The van der Waals surface area contributed by atoms with Crippen LogP contribution in [0.2, 0.25) is 0 Å². The van der Waals surface area contributed by atoms with Gasteiger partial charge in [-0.2, -0.15) is 0 Å². The molecule has 4 rings (SSSR count). The third-order valence-corrected chi connectivity index (χ3v) is 7.23. The normalized spacial score (nSPS) is 14.6. The summed E-state index contributed by atoms with van der Waals surface area (Å²) in [5, 5.41) is 6.70. The number of Topliss-reactive ketones (excluding diaryl/α,β-unsaturated/α-hetero) is 1. The van der Waals surface area contributed by atoms with E-state index in [1.165, 1.54) is 11.1 Å². The zero-order chi connectivity index (χ0) is 25.8. The molecule has 1 aliphatic heterocycles. The fourth-order valence-corrected chi connectivity index (χ4v) is 5.09. The fourth-order valence-electron chi connectivity index (χ4n) is 5.09. The lowest BCUT2D eigenvalue weighted by atomic mass is 10.0. The number of nitrogens with zero attached hydrogens (tertiary/aromatic N) is 3. The van der Waals surface area contributed by atoms with Gasteiger partial charge in [0.05, 0.1) is 13.1 Å². The van der Waals surface area contributed by atoms with E-state index in [9.17, 15) is 14.4 Å². The molecule has 7 nitrogen and oxygen atoms in total. The molecule has 0 unspecified atom stereocenters. The Hall–Kier alpha value is -3.19. The molecule has 1 heterocycles. The smallest absolute Gasteiger partial charge is 0.256 e. The molecule has 0 spiro atoms. The molecule has 0 atom stereocenters. The van der Waals surface area contributed by atoms with Gasteiger partial charge in [0.15, 0.2) is 5.78 Å². The minimum atomic E-state index is -0.117. The lowest BCUT2D eigenvalue weighted by Gasteiger charge is -2.32. The number of fused-ring (bicyclic) bond motifs is 2. The first-order chi connectivity index (χ1) is 17.2. The number of nitrogens with one attached hydrogen (secondary N) is 1. The summed E-state index contributed by atoms with van der Waals surface area (Å²) in [4.78, 5) is 40.6. The van der Waals surface area contributed by atoms with Crippen LogP contribution in [0.1, 0.15) is 65.7 Å². The van der Waals surface area contributed by atoms with Gasteiger partial charge in [0.25, 0.3) is 5.91 Å². The summed E-state index contributed by atoms with van der Waals surface area (Å²) in [6.07, 6.45) is 3.25. The molecule has 2 aliphatic rings. The highest BCUT2D eigenvalue weighted by atomic mass is 16.2. The van der Waals surface area contributed by atoms with Crippen LogP contribution in [0.3, 0.4) is 0 Å². The monoisotopic (exact) mass is 490 g/mol. The largest absolute Gasteiger partial charge is 0.355 e. The summed E-state index contributed by atoms with van der Waals surface area (Å²) < 4.78 is 0. The van der Waals surface area contributed by atoms with Gasteiger partial charge in [-0.05, 0) is 60.4 Å². The van der Waals surface area contributed by atoms with Crippen molar-refractivity contribution >= 4 is 23.3 Å². The Morgan fingerprint density at radius 3 is 2.39 bits per heavy atom. The maximum atomic E-state index is 13.4. The molecule has 2 aromatic rings. The van der Waals surface area contributed by atoms with Crippen molar-refractivity contribution in [1.29, 1.82) is 0 Å². The predicted molar refractivity (Wildman–Crippen MR) is 142 cm³/mol. The first kappa shape index (κ1) is 25.9. The van der Waals surface area contributed by atoms with E-state index in [2.05, 4.69) is 31.3 Å². The highest BCUT2D eigenvalue weighted by molar-refractivity contribution is 6.01. The number of carbonyl (C=O) groups is 3. The van der Waals surface area contributed by atoms with Gasteiger partial charge < -0.3 is 10.2 Å². The molecule has 0 fully saturated rings. The van der Waals surface area contributed by atoms with E-state index < -0.39 is 0 Å². The molecule has 7 heteroatoms. The maximum absolute atomic E-state index is 13.4. The van der Waals surface area contributed by atoms with Crippen molar-refractivity contribution in [2.45, 2.75) is 59.5 Å². The summed E-state index contributed by atoms with van der Waals surface area (Å²) in [7, 11) is 1.79. The molecule has 192 valence electrons. The van der Waals surface area contributed by atoms with E-state index in [1.807, 2.05) is 41.1 Å². The van der Waals surface area contributed by atoms with Crippen molar-refractivity contribution < 1.29 is 14.4 Å². The second kappa shape index (κ2) is 11.2. The van der Waals surface area contributed by atoms with Gasteiger partial charge in [0.1, 0.15) is 0 Å². The predicted octanol–water partition coefficient (Wildman–Crippen LogP) is 3.87. The van der Waals surface area contributed by atoms with Crippen molar-refractivity contribution in [3.63, 3.8) is 0 Å². The van der Waals surface area contributed by atoms with Crippen molar-refractivity contribution in [2.24, 2.45) is 5.92 Å². The van der Waals surface area contributed by atoms with Gasteiger partial charge in [-0.1, -0.05) is 44.2 Å². The van der Waals surface area contributed by atoms with Crippen LogP contribution in [0, 0.1) is 12.8 Å².